The number of esters is 1. The topological polar surface area (TPSA) is 61.2 Å². The highest BCUT2D eigenvalue weighted by Crippen LogP contribution is 2.38. The van der Waals surface area contributed by atoms with Gasteiger partial charge in [-0.15, -0.1) is 0 Å². The first-order valence-corrected chi connectivity index (χ1v) is 10.9. The van der Waals surface area contributed by atoms with Crippen LogP contribution in [0, 0.1) is 24.7 Å². The molecular weight excluding hydrogens is 400 g/mol. The van der Waals surface area contributed by atoms with Gasteiger partial charge in [0.2, 0.25) is 0 Å². The Hall–Kier alpha value is -2.40. The monoisotopic (exact) mass is 426 g/mol. The lowest BCUT2D eigenvalue weighted by atomic mass is 9.75. The molecule has 0 saturated heterocycles. The van der Waals surface area contributed by atoms with Crippen molar-refractivity contribution in [1.82, 2.24) is 9.55 Å². The van der Waals surface area contributed by atoms with Gasteiger partial charge in [0.25, 0.3) is 5.56 Å². The predicted octanol–water partition coefficient (Wildman–Crippen LogP) is 4.74. The molecule has 1 aliphatic heterocycles. The average Bonchev–Trinajstić information content (AvgIpc) is 3.09. The van der Waals surface area contributed by atoms with E-state index in [1.807, 2.05) is 30.3 Å². The van der Waals surface area contributed by atoms with Gasteiger partial charge < -0.3 is 4.74 Å². The number of hydrogen-bond acceptors (Lipinski definition) is 4. The van der Waals surface area contributed by atoms with Gasteiger partial charge in [0.1, 0.15) is 16.7 Å². The quantitative estimate of drug-likeness (QED) is 0.665. The maximum absolute atomic E-state index is 13.5. The summed E-state index contributed by atoms with van der Waals surface area (Å²) in [7, 11) is 0. The summed E-state index contributed by atoms with van der Waals surface area (Å²) < 4.78 is 7.56. The fraction of sp³-hybridized carbons (Fsp3) is 0.458. The van der Waals surface area contributed by atoms with E-state index in [4.69, 9.17) is 16.3 Å². The number of ether oxygens (including phenoxy) is 1. The van der Waals surface area contributed by atoms with Gasteiger partial charge in [-0.1, -0.05) is 62.7 Å². The zero-order valence-electron chi connectivity index (χ0n) is 17.8. The molecule has 30 heavy (non-hydrogen) atoms. The van der Waals surface area contributed by atoms with Crippen LogP contribution in [0.15, 0.2) is 35.1 Å². The molecule has 0 spiro atoms. The lowest BCUT2D eigenvalue weighted by Crippen LogP contribution is -2.37. The minimum absolute atomic E-state index is 0.0873. The maximum atomic E-state index is 13.5. The number of aryl methyl sites for hydroxylation is 1. The van der Waals surface area contributed by atoms with Gasteiger partial charge in [-0.2, -0.15) is 0 Å². The molecule has 2 heterocycles. The van der Waals surface area contributed by atoms with Crippen LogP contribution in [0.4, 0.5) is 0 Å². The Labute approximate surface area is 181 Å². The molecule has 158 valence electrons. The summed E-state index contributed by atoms with van der Waals surface area (Å²) in [4.78, 5) is 30.7. The molecule has 1 aromatic carbocycles. The van der Waals surface area contributed by atoms with Gasteiger partial charge in [-0.3, -0.25) is 9.36 Å². The van der Waals surface area contributed by atoms with Crippen LogP contribution in [-0.4, -0.2) is 21.6 Å². The van der Waals surface area contributed by atoms with Crippen molar-refractivity contribution in [1.29, 1.82) is 0 Å². The Morgan fingerprint density at radius 2 is 1.77 bits per heavy atom. The number of benzene rings is 1. The van der Waals surface area contributed by atoms with Gasteiger partial charge in [0.15, 0.2) is 5.82 Å². The number of aromatic nitrogens is 2. The smallest absolute Gasteiger partial charge is 0.342 e. The standard InChI is InChI=1S/C24H27ClN2O3/c1-13-10-14(2)21(15(3)11-13)30-24(29)19-18(17-8-6-5-7-9-17)12-27-22(19)26-16(4)20(25)23(27)28/h5-9,13-15,21H,10-12H2,1-4H3. The van der Waals surface area contributed by atoms with E-state index in [2.05, 4.69) is 25.8 Å². The molecule has 0 bridgehead atoms. The second-order valence-corrected chi connectivity index (χ2v) is 9.22. The SMILES string of the molecule is Cc1nc2n(c(=O)c1Cl)CC(c1ccccc1)=C2C(=O)OC1C(C)CC(C)CC1C. The van der Waals surface area contributed by atoms with Crippen LogP contribution in [0.5, 0.6) is 0 Å². The molecule has 0 amide bonds. The fourth-order valence-corrected chi connectivity index (χ4v) is 5.19. The number of fused-ring (bicyclic) bond motifs is 1. The van der Waals surface area contributed by atoms with E-state index >= 15 is 0 Å². The van der Waals surface area contributed by atoms with E-state index in [1.54, 1.807) is 6.92 Å². The van der Waals surface area contributed by atoms with E-state index in [-0.39, 0.29) is 35.1 Å². The molecule has 1 aliphatic carbocycles. The molecule has 0 N–H and O–H groups in total. The van der Waals surface area contributed by atoms with Crippen molar-refractivity contribution in [3.8, 4) is 0 Å². The van der Waals surface area contributed by atoms with Crippen molar-refractivity contribution in [3.05, 3.63) is 62.8 Å². The second kappa shape index (κ2) is 8.03. The first-order chi connectivity index (χ1) is 14.3. The Morgan fingerprint density at radius 3 is 2.40 bits per heavy atom. The summed E-state index contributed by atoms with van der Waals surface area (Å²) in [5, 5.41) is 0.0873. The third-order valence-electron chi connectivity index (χ3n) is 6.36. The third-order valence-corrected chi connectivity index (χ3v) is 6.80. The van der Waals surface area contributed by atoms with Crippen molar-refractivity contribution in [2.75, 3.05) is 0 Å². The van der Waals surface area contributed by atoms with Crippen molar-refractivity contribution in [2.24, 2.45) is 17.8 Å². The van der Waals surface area contributed by atoms with Gasteiger partial charge in [0, 0.05) is 0 Å². The summed E-state index contributed by atoms with van der Waals surface area (Å²) in [6, 6.07) is 9.61. The van der Waals surface area contributed by atoms with Gasteiger partial charge in [-0.25, -0.2) is 9.78 Å². The van der Waals surface area contributed by atoms with E-state index in [0.717, 1.165) is 24.0 Å². The molecule has 2 aromatic rings. The molecule has 1 aromatic heterocycles. The molecule has 2 aliphatic rings. The summed E-state index contributed by atoms with van der Waals surface area (Å²) in [6.07, 6.45) is 1.93. The molecule has 1 saturated carbocycles. The second-order valence-electron chi connectivity index (χ2n) is 8.85. The van der Waals surface area contributed by atoms with Gasteiger partial charge in [0.05, 0.1) is 12.2 Å². The molecule has 2 unspecified atom stereocenters. The molecule has 5 nitrogen and oxygen atoms in total. The Morgan fingerprint density at radius 1 is 1.13 bits per heavy atom. The van der Waals surface area contributed by atoms with Crippen molar-refractivity contribution in [3.63, 3.8) is 0 Å². The number of allylic oxidation sites excluding steroid dienone is 1. The summed E-state index contributed by atoms with van der Waals surface area (Å²) in [5.41, 5.74) is 2.08. The van der Waals surface area contributed by atoms with Crippen molar-refractivity contribution in [2.45, 2.75) is 53.2 Å². The largest absolute Gasteiger partial charge is 0.458 e. The third kappa shape index (κ3) is 3.60. The van der Waals surface area contributed by atoms with Crippen LogP contribution in [-0.2, 0) is 16.1 Å². The minimum atomic E-state index is -0.410. The molecule has 4 rings (SSSR count). The number of carbonyl (C=O) groups excluding carboxylic acids is 1. The number of rotatable bonds is 3. The molecule has 0 radical (unpaired) electrons. The zero-order valence-corrected chi connectivity index (χ0v) is 18.6. The van der Waals surface area contributed by atoms with E-state index in [9.17, 15) is 9.59 Å². The van der Waals surface area contributed by atoms with E-state index < -0.39 is 5.97 Å². The summed E-state index contributed by atoms with van der Waals surface area (Å²) in [6.45, 7) is 8.47. The normalized spacial score (nSPS) is 25.9. The van der Waals surface area contributed by atoms with Crippen LogP contribution >= 0.6 is 11.6 Å². The highest BCUT2D eigenvalue weighted by atomic mass is 35.5. The number of hydrogen-bond donors (Lipinski definition) is 0. The lowest BCUT2D eigenvalue weighted by molar-refractivity contribution is -0.150. The van der Waals surface area contributed by atoms with Crippen LogP contribution in [0.2, 0.25) is 5.02 Å². The van der Waals surface area contributed by atoms with Crippen molar-refractivity contribution < 1.29 is 9.53 Å². The highest BCUT2D eigenvalue weighted by molar-refractivity contribution is 6.31. The van der Waals surface area contributed by atoms with E-state index in [1.165, 1.54) is 4.57 Å². The first kappa shape index (κ1) is 20.9. The number of carbonyl (C=O) groups is 1. The van der Waals surface area contributed by atoms with Gasteiger partial charge in [-0.05, 0) is 48.7 Å². The number of halogens is 1. The Balaban J connectivity index is 1.78. The maximum Gasteiger partial charge on any atom is 0.342 e. The lowest BCUT2D eigenvalue weighted by Gasteiger charge is -2.37. The van der Waals surface area contributed by atoms with Crippen LogP contribution < -0.4 is 5.56 Å². The Bertz CT molecular complexity index is 1060. The molecule has 2 atom stereocenters. The molecule has 1 fully saturated rings. The molecule has 6 heteroatoms. The van der Waals surface area contributed by atoms with Crippen molar-refractivity contribution >= 4 is 28.7 Å². The first-order valence-electron chi connectivity index (χ1n) is 10.5. The zero-order chi connectivity index (χ0) is 21.6. The van der Waals surface area contributed by atoms with Gasteiger partial charge >= 0.3 is 5.97 Å². The highest BCUT2D eigenvalue weighted by Gasteiger charge is 2.38. The summed E-state index contributed by atoms with van der Waals surface area (Å²) >= 11 is 6.16. The fourth-order valence-electron chi connectivity index (χ4n) is 5.05. The summed E-state index contributed by atoms with van der Waals surface area (Å²) in [5.74, 6) is 1.14. The van der Waals surface area contributed by atoms with Crippen LogP contribution in [0.3, 0.4) is 0 Å². The predicted molar refractivity (Wildman–Crippen MR) is 118 cm³/mol. The average molecular weight is 427 g/mol. The Kier molecular flexibility index (Phi) is 5.58. The molecular formula is C24H27ClN2O3. The number of nitrogens with zero attached hydrogens (tertiary/aromatic N) is 2. The van der Waals surface area contributed by atoms with Crippen LogP contribution in [0.1, 0.15) is 50.7 Å². The minimum Gasteiger partial charge on any atom is -0.458 e. The van der Waals surface area contributed by atoms with E-state index in [0.29, 0.717) is 23.0 Å². The van der Waals surface area contributed by atoms with Crippen LogP contribution in [0.25, 0.3) is 11.1 Å².